The van der Waals surface area contributed by atoms with Crippen molar-refractivity contribution < 1.29 is 23.1 Å². The van der Waals surface area contributed by atoms with Gasteiger partial charge in [0.25, 0.3) is 0 Å². The summed E-state index contributed by atoms with van der Waals surface area (Å²) in [5, 5.41) is 12.9. The maximum absolute atomic E-state index is 13.2. The minimum atomic E-state index is -4.40. The van der Waals surface area contributed by atoms with Gasteiger partial charge in [0.1, 0.15) is 5.54 Å². The van der Waals surface area contributed by atoms with E-state index in [1.54, 1.807) is 18.2 Å². The number of piperidine rings is 1. The molecule has 0 aliphatic carbocycles. The van der Waals surface area contributed by atoms with Gasteiger partial charge in [0.2, 0.25) is 0 Å². The number of rotatable bonds is 5. The summed E-state index contributed by atoms with van der Waals surface area (Å²) >= 11 is 0. The Labute approximate surface area is 204 Å². The number of halogens is 3. The van der Waals surface area contributed by atoms with E-state index in [9.17, 15) is 23.1 Å². The molecule has 3 rings (SSSR count). The number of para-hydroxylation sites is 1. The molecule has 0 atom stereocenters. The van der Waals surface area contributed by atoms with E-state index in [0.717, 1.165) is 11.8 Å². The summed E-state index contributed by atoms with van der Waals surface area (Å²) in [6.07, 6.45) is -3.77. The molecule has 0 aromatic heterocycles. The number of carboxylic acid groups (broad SMARTS) is 1. The van der Waals surface area contributed by atoms with Crippen LogP contribution < -0.4 is 5.32 Å². The Kier molecular flexibility index (Phi) is 8.12. The van der Waals surface area contributed by atoms with E-state index >= 15 is 0 Å². The fourth-order valence-corrected chi connectivity index (χ4v) is 3.46. The van der Waals surface area contributed by atoms with Crippen molar-refractivity contribution in [3.05, 3.63) is 65.7 Å². The predicted molar refractivity (Wildman–Crippen MR) is 104 cm³/mol. The number of carboxylic acids is 1. The van der Waals surface area contributed by atoms with E-state index in [1.807, 2.05) is 23.1 Å². The van der Waals surface area contributed by atoms with Crippen LogP contribution in [0.3, 0.4) is 0 Å². The van der Waals surface area contributed by atoms with Crippen molar-refractivity contribution in [2.45, 2.75) is 31.1 Å². The number of nitrogens with zero attached hydrogens (tertiary/aromatic N) is 1. The summed E-state index contributed by atoms with van der Waals surface area (Å²) in [6, 6.07) is 14.6. The Balaban J connectivity index is 0.00000280. The first-order valence-corrected chi connectivity index (χ1v) is 8.74. The van der Waals surface area contributed by atoms with Crippen molar-refractivity contribution in [2.75, 3.05) is 18.4 Å². The molecule has 0 amide bonds. The van der Waals surface area contributed by atoms with Gasteiger partial charge in [0.05, 0.1) is 5.56 Å². The second-order valence-corrected chi connectivity index (χ2v) is 6.81. The number of benzene rings is 2. The van der Waals surface area contributed by atoms with Gasteiger partial charge >= 0.3 is 63.5 Å². The zero-order valence-electron chi connectivity index (χ0n) is 14.7. The zero-order chi connectivity index (χ0) is 19.5. The Bertz CT molecular complexity index is 792. The normalized spacial score (nSPS) is 16.8. The van der Waals surface area contributed by atoms with Crippen molar-refractivity contribution in [1.82, 2.24) is 4.90 Å². The number of carbonyl (C=O) groups is 1. The summed E-state index contributed by atoms with van der Waals surface area (Å²) in [7, 11) is 0. The third-order valence-corrected chi connectivity index (χ3v) is 4.99. The van der Waals surface area contributed by atoms with Gasteiger partial charge in [-0.05, 0) is 36.6 Å². The monoisotopic (exact) mass is 418 g/mol. The number of anilines is 1. The maximum atomic E-state index is 13.2. The number of likely N-dealkylation sites (tertiary alicyclic amines) is 1. The van der Waals surface area contributed by atoms with Crippen molar-refractivity contribution >= 4 is 63.0 Å². The van der Waals surface area contributed by atoms with Crippen LogP contribution in [0.4, 0.5) is 18.9 Å². The fourth-order valence-electron chi connectivity index (χ4n) is 3.46. The molecule has 1 fully saturated rings. The van der Waals surface area contributed by atoms with Crippen LogP contribution in [0.25, 0.3) is 0 Å². The second kappa shape index (κ2) is 9.73. The molecule has 1 heterocycles. The first-order chi connectivity index (χ1) is 12.8. The summed E-state index contributed by atoms with van der Waals surface area (Å²) in [5.41, 5.74) is -0.816. The Morgan fingerprint density at radius 3 is 2.18 bits per heavy atom. The van der Waals surface area contributed by atoms with Gasteiger partial charge in [-0.15, -0.1) is 0 Å². The zero-order valence-corrected chi connectivity index (χ0v) is 14.7. The van der Waals surface area contributed by atoms with Crippen molar-refractivity contribution in [3.8, 4) is 0 Å². The molecule has 1 saturated heterocycles. The van der Waals surface area contributed by atoms with E-state index in [2.05, 4.69) is 5.32 Å². The molecule has 1 aliphatic heterocycles. The summed E-state index contributed by atoms with van der Waals surface area (Å²) in [6.45, 7) is 0.952. The molecule has 0 bridgehead atoms. The Morgan fingerprint density at radius 1 is 1.04 bits per heavy atom. The summed E-state index contributed by atoms with van der Waals surface area (Å²) in [5.74, 6) is -0.943. The van der Waals surface area contributed by atoms with Crippen LogP contribution in [0.2, 0.25) is 0 Å². The average Bonchev–Trinajstić information content (AvgIpc) is 2.64. The molecule has 8 heteroatoms. The fraction of sp³-hybridized carbons (Fsp3) is 0.350. The molecule has 2 N–H and O–H groups in total. The van der Waals surface area contributed by atoms with Crippen LogP contribution in [-0.4, -0.2) is 86.0 Å². The van der Waals surface area contributed by atoms with Crippen LogP contribution in [0.5, 0.6) is 0 Å². The molecule has 4 nitrogen and oxygen atoms in total. The Hall–Kier alpha value is -0.904. The summed E-state index contributed by atoms with van der Waals surface area (Å²) < 4.78 is 39.5. The molecule has 2 aromatic carbocycles. The predicted octanol–water partition coefficient (Wildman–Crippen LogP) is 3.59. The van der Waals surface area contributed by atoms with Crippen LogP contribution in [0, 0.1) is 0 Å². The van der Waals surface area contributed by atoms with Gasteiger partial charge in [-0.1, -0.05) is 36.4 Å². The molecule has 146 valence electrons. The summed E-state index contributed by atoms with van der Waals surface area (Å²) in [4.78, 5) is 13.8. The molecular formula is C20H22F3KN2O2. The third kappa shape index (κ3) is 5.58. The van der Waals surface area contributed by atoms with Gasteiger partial charge in [0.15, 0.2) is 0 Å². The molecular weight excluding hydrogens is 396 g/mol. The van der Waals surface area contributed by atoms with Crippen LogP contribution in [-0.2, 0) is 17.5 Å². The van der Waals surface area contributed by atoms with Gasteiger partial charge in [-0.3, -0.25) is 4.90 Å². The van der Waals surface area contributed by atoms with Gasteiger partial charge < -0.3 is 10.4 Å². The number of alkyl halides is 3. The quantitative estimate of drug-likeness (QED) is 0.729. The van der Waals surface area contributed by atoms with Crippen LogP contribution >= 0.6 is 0 Å². The van der Waals surface area contributed by atoms with E-state index in [-0.39, 0.29) is 63.5 Å². The van der Waals surface area contributed by atoms with Crippen molar-refractivity contribution in [2.24, 2.45) is 0 Å². The number of hydrogen-bond acceptors (Lipinski definition) is 3. The first kappa shape index (κ1) is 23.4. The number of aliphatic carboxylic acids is 1. The topological polar surface area (TPSA) is 52.6 Å². The average molecular weight is 419 g/mol. The SMILES string of the molecule is O=C(O)C1(Nc2ccccc2)CCN(Cc2ccccc2C(F)(F)F)CC1.[KH]. The molecule has 0 saturated carbocycles. The molecule has 0 unspecified atom stereocenters. The van der Waals surface area contributed by atoms with Crippen LogP contribution in [0.15, 0.2) is 54.6 Å². The first-order valence-electron chi connectivity index (χ1n) is 8.74. The Morgan fingerprint density at radius 2 is 1.61 bits per heavy atom. The van der Waals surface area contributed by atoms with Gasteiger partial charge in [0, 0.05) is 25.3 Å². The van der Waals surface area contributed by atoms with E-state index in [1.165, 1.54) is 12.1 Å². The van der Waals surface area contributed by atoms with Crippen LogP contribution in [0.1, 0.15) is 24.0 Å². The number of nitrogens with one attached hydrogen (secondary N) is 1. The minimum absolute atomic E-state index is 0. The molecule has 2 aromatic rings. The molecule has 28 heavy (non-hydrogen) atoms. The van der Waals surface area contributed by atoms with E-state index < -0.39 is 23.2 Å². The van der Waals surface area contributed by atoms with E-state index in [0.29, 0.717) is 25.9 Å². The second-order valence-electron chi connectivity index (χ2n) is 6.81. The standard InChI is InChI=1S/C20H21F3N2O2.K.H/c21-20(22,23)17-9-5-4-6-15(17)14-25-12-10-19(11-13-25,18(26)27)24-16-7-2-1-3-8-16;;/h1-9,24H,10-14H2,(H,26,27);;. The molecule has 0 radical (unpaired) electrons. The third-order valence-electron chi connectivity index (χ3n) is 4.99. The number of hydrogen-bond donors (Lipinski definition) is 2. The van der Waals surface area contributed by atoms with Gasteiger partial charge in [-0.25, -0.2) is 4.79 Å². The van der Waals surface area contributed by atoms with E-state index in [4.69, 9.17) is 0 Å². The van der Waals surface area contributed by atoms with Crippen molar-refractivity contribution in [1.29, 1.82) is 0 Å². The van der Waals surface area contributed by atoms with Gasteiger partial charge in [-0.2, -0.15) is 13.2 Å². The van der Waals surface area contributed by atoms with Crippen molar-refractivity contribution in [3.63, 3.8) is 0 Å². The molecule has 0 spiro atoms. The molecule has 1 aliphatic rings.